The molecule has 0 aliphatic heterocycles. The van der Waals surface area contributed by atoms with Crippen molar-refractivity contribution in [3.8, 4) is 0 Å². The van der Waals surface area contributed by atoms with Crippen molar-refractivity contribution in [2.75, 3.05) is 33.5 Å². The average Bonchev–Trinajstić information content (AvgIpc) is 2.29. The van der Waals surface area contributed by atoms with Crippen molar-refractivity contribution in [2.24, 2.45) is 11.1 Å². The number of nitrogens with two attached hydrogens (primary N) is 1. The van der Waals surface area contributed by atoms with E-state index in [0.29, 0.717) is 26.4 Å². The molecule has 0 spiro atoms. The first kappa shape index (κ1) is 14.9. The summed E-state index contributed by atoms with van der Waals surface area (Å²) in [5.74, 6) is 0. The summed E-state index contributed by atoms with van der Waals surface area (Å²) in [6.07, 6.45) is 3.65. The van der Waals surface area contributed by atoms with Crippen LogP contribution in [0.1, 0.15) is 33.1 Å². The summed E-state index contributed by atoms with van der Waals surface area (Å²) >= 11 is 0. The highest BCUT2D eigenvalue weighted by Gasteiger charge is 2.36. The number of rotatable bonds is 7. The zero-order chi connectivity index (χ0) is 12.7. The van der Waals surface area contributed by atoms with Crippen LogP contribution >= 0.6 is 0 Å². The Bertz CT molecular complexity index is 209. The van der Waals surface area contributed by atoms with E-state index in [1.165, 1.54) is 12.8 Å². The van der Waals surface area contributed by atoms with Gasteiger partial charge in [-0.3, -0.25) is 0 Å². The fourth-order valence-electron chi connectivity index (χ4n) is 2.30. The molecule has 1 fully saturated rings. The molecule has 2 unspecified atom stereocenters. The van der Waals surface area contributed by atoms with Crippen LogP contribution in [0, 0.1) is 5.41 Å². The molecule has 0 amide bonds. The zero-order valence-corrected chi connectivity index (χ0v) is 11.4. The monoisotopic (exact) mass is 245 g/mol. The van der Waals surface area contributed by atoms with Crippen LogP contribution in [0.4, 0.5) is 0 Å². The molecule has 0 aromatic heterocycles. The minimum Gasteiger partial charge on any atom is -0.382 e. The molecule has 0 aromatic rings. The lowest BCUT2D eigenvalue weighted by atomic mass is 9.72. The van der Waals surface area contributed by atoms with E-state index in [-0.39, 0.29) is 17.6 Å². The molecule has 0 saturated heterocycles. The van der Waals surface area contributed by atoms with E-state index in [1.54, 1.807) is 7.11 Å². The molecule has 0 bridgehead atoms. The summed E-state index contributed by atoms with van der Waals surface area (Å²) in [5, 5.41) is 0. The molecule has 4 nitrogen and oxygen atoms in total. The molecule has 0 heterocycles. The van der Waals surface area contributed by atoms with Crippen LogP contribution in [0.2, 0.25) is 0 Å². The first-order valence-corrected chi connectivity index (χ1v) is 6.52. The van der Waals surface area contributed by atoms with E-state index in [9.17, 15) is 0 Å². The Kier molecular flexibility index (Phi) is 6.41. The Hall–Kier alpha value is -0.160. The summed E-state index contributed by atoms with van der Waals surface area (Å²) < 4.78 is 16.1. The third kappa shape index (κ3) is 4.92. The van der Waals surface area contributed by atoms with Gasteiger partial charge < -0.3 is 19.9 Å². The predicted molar refractivity (Wildman–Crippen MR) is 68.0 cm³/mol. The summed E-state index contributed by atoms with van der Waals surface area (Å²) in [5.41, 5.74) is 6.43. The fourth-order valence-corrected chi connectivity index (χ4v) is 2.30. The van der Waals surface area contributed by atoms with E-state index >= 15 is 0 Å². The van der Waals surface area contributed by atoms with Crippen molar-refractivity contribution < 1.29 is 14.2 Å². The van der Waals surface area contributed by atoms with E-state index < -0.39 is 0 Å². The highest BCUT2D eigenvalue weighted by atomic mass is 16.5. The molecule has 102 valence electrons. The number of methoxy groups -OCH3 is 1. The molecule has 1 saturated carbocycles. The Labute approximate surface area is 105 Å². The van der Waals surface area contributed by atoms with Gasteiger partial charge in [0.05, 0.1) is 32.5 Å². The van der Waals surface area contributed by atoms with Gasteiger partial charge in [-0.1, -0.05) is 20.3 Å². The van der Waals surface area contributed by atoms with Crippen LogP contribution < -0.4 is 5.73 Å². The van der Waals surface area contributed by atoms with Crippen LogP contribution in [0.25, 0.3) is 0 Å². The third-order valence-corrected chi connectivity index (χ3v) is 3.60. The lowest BCUT2D eigenvalue weighted by molar-refractivity contribution is -0.0497. The van der Waals surface area contributed by atoms with E-state index in [2.05, 4.69) is 13.8 Å². The predicted octanol–water partition coefficient (Wildman–Crippen LogP) is 1.57. The first-order valence-electron chi connectivity index (χ1n) is 6.52. The zero-order valence-electron chi connectivity index (χ0n) is 11.4. The summed E-state index contributed by atoms with van der Waals surface area (Å²) in [6.45, 7) is 6.95. The molecule has 4 heteroatoms. The second-order valence-electron chi connectivity index (χ2n) is 5.42. The molecule has 0 aromatic carbocycles. The average molecular weight is 245 g/mol. The lowest BCUT2D eigenvalue weighted by Gasteiger charge is -2.41. The first-order chi connectivity index (χ1) is 8.08. The van der Waals surface area contributed by atoms with E-state index in [1.807, 2.05) is 0 Å². The molecule has 17 heavy (non-hydrogen) atoms. The Morgan fingerprint density at radius 2 is 1.88 bits per heavy atom. The minimum atomic E-state index is 0.134. The standard InChI is InChI=1S/C13H27NO3/c1-13(2)6-4-5-11(12(13)14)17-10-9-16-8-7-15-3/h11-12H,4-10,14H2,1-3H3. The smallest absolute Gasteiger partial charge is 0.0732 e. The highest BCUT2D eigenvalue weighted by molar-refractivity contribution is 4.91. The molecule has 1 aliphatic rings. The number of hydrogen-bond acceptors (Lipinski definition) is 4. The van der Waals surface area contributed by atoms with Gasteiger partial charge in [0.1, 0.15) is 0 Å². The Morgan fingerprint density at radius 3 is 2.59 bits per heavy atom. The second-order valence-corrected chi connectivity index (χ2v) is 5.42. The Balaban J connectivity index is 2.14. The highest BCUT2D eigenvalue weighted by Crippen LogP contribution is 2.35. The quantitative estimate of drug-likeness (QED) is 0.692. The summed E-state index contributed by atoms with van der Waals surface area (Å²) in [6, 6.07) is 0.134. The molecular formula is C13H27NO3. The topological polar surface area (TPSA) is 53.7 Å². The van der Waals surface area contributed by atoms with Gasteiger partial charge in [-0.05, 0) is 18.3 Å². The number of ether oxygens (including phenoxy) is 3. The van der Waals surface area contributed by atoms with Crippen molar-refractivity contribution in [1.29, 1.82) is 0 Å². The van der Waals surface area contributed by atoms with Crippen molar-refractivity contribution >= 4 is 0 Å². The minimum absolute atomic E-state index is 0.134. The van der Waals surface area contributed by atoms with Crippen LogP contribution in [0.15, 0.2) is 0 Å². The van der Waals surface area contributed by atoms with Gasteiger partial charge in [0.2, 0.25) is 0 Å². The maximum Gasteiger partial charge on any atom is 0.0732 e. The Morgan fingerprint density at radius 1 is 1.18 bits per heavy atom. The lowest BCUT2D eigenvalue weighted by Crippen LogP contribution is -2.50. The molecule has 1 rings (SSSR count). The molecular weight excluding hydrogens is 218 g/mol. The van der Waals surface area contributed by atoms with E-state index in [0.717, 1.165) is 6.42 Å². The second kappa shape index (κ2) is 7.31. The van der Waals surface area contributed by atoms with Crippen LogP contribution in [-0.4, -0.2) is 45.7 Å². The largest absolute Gasteiger partial charge is 0.382 e. The van der Waals surface area contributed by atoms with Gasteiger partial charge >= 0.3 is 0 Å². The normalized spacial score (nSPS) is 28.2. The van der Waals surface area contributed by atoms with Gasteiger partial charge in [0.25, 0.3) is 0 Å². The maximum absolute atomic E-state index is 6.23. The van der Waals surface area contributed by atoms with Gasteiger partial charge in [-0.15, -0.1) is 0 Å². The third-order valence-electron chi connectivity index (χ3n) is 3.60. The van der Waals surface area contributed by atoms with Gasteiger partial charge in [-0.25, -0.2) is 0 Å². The van der Waals surface area contributed by atoms with Crippen LogP contribution in [-0.2, 0) is 14.2 Å². The molecule has 2 N–H and O–H groups in total. The van der Waals surface area contributed by atoms with Gasteiger partial charge in [0, 0.05) is 13.2 Å². The number of hydrogen-bond donors (Lipinski definition) is 1. The fraction of sp³-hybridized carbons (Fsp3) is 1.00. The summed E-state index contributed by atoms with van der Waals surface area (Å²) in [7, 11) is 1.67. The molecule has 1 aliphatic carbocycles. The van der Waals surface area contributed by atoms with Crippen LogP contribution in [0.5, 0.6) is 0 Å². The maximum atomic E-state index is 6.23. The summed E-state index contributed by atoms with van der Waals surface area (Å²) in [4.78, 5) is 0. The van der Waals surface area contributed by atoms with Gasteiger partial charge in [0.15, 0.2) is 0 Å². The van der Waals surface area contributed by atoms with Crippen molar-refractivity contribution in [3.63, 3.8) is 0 Å². The van der Waals surface area contributed by atoms with E-state index in [4.69, 9.17) is 19.9 Å². The molecule has 2 atom stereocenters. The SMILES string of the molecule is COCCOCCOC1CCCC(C)(C)C1N. The van der Waals surface area contributed by atoms with Crippen molar-refractivity contribution in [1.82, 2.24) is 0 Å². The van der Waals surface area contributed by atoms with Crippen molar-refractivity contribution in [3.05, 3.63) is 0 Å². The van der Waals surface area contributed by atoms with Crippen LogP contribution in [0.3, 0.4) is 0 Å². The molecule has 0 radical (unpaired) electrons. The van der Waals surface area contributed by atoms with Gasteiger partial charge in [-0.2, -0.15) is 0 Å². The van der Waals surface area contributed by atoms with Crippen molar-refractivity contribution in [2.45, 2.75) is 45.3 Å².